The fourth-order valence-electron chi connectivity index (χ4n) is 12.6. The maximum absolute atomic E-state index is 6.00. The van der Waals surface area contributed by atoms with Gasteiger partial charge in [-0.25, -0.2) is 4.98 Å². The molecule has 0 radical (unpaired) electrons. The Morgan fingerprint density at radius 1 is 0.592 bits per heavy atom. The quantitative estimate of drug-likeness (QED) is 0.142. The minimum absolute atomic E-state index is 0. The molecule has 1 atom stereocenters. The molecule has 5 heterocycles. The second-order valence-corrected chi connectivity index (χ2v) is 23.1. The van der Waals surface area contributed by atoms with Crippen molar-refractivity contribution in [3.05, 3.63) is 244 Å². The number of nitrogens with zero attached hydrogens (tertiary/aromatic N) is 6. The third-order valence-corrected chi connectivity index (χ3v) is 16.5. The zero-order valence-electron chi connectivity index (χ0n) is 45.4. The van der Waals surface area contributed by atoms with Crippen molar-refractivity contribution in [2.45, 2.75) is 104 Å². The summed E-state index contributed by atoms with van der Waals surface area (Å²) >= 11 is 0. The molecule has 10 aromatic rings. The molecule has 12 rings (SSSR count). The van der Waals surface area contributed by atoms with Crippen LogP contribution in [0.2, 0.25) is 0 Å². The largest absolute Gasteiger partial charge is 2.00 e. The van der Waals surface area contributed by atoms with Gasteiger partial charge in [0.1, 0.15) is 5.82 Å². The molecular formula is C69H64N6Pt. The van der Waals surface area contributed by atoms with Crippen molar-refractivity contribution in [1.82, 2.24) is 14.5 Å². The summed E-state index contributed by atoms with van der Waals surface area (Å²) < 4.78 is 2.31. The summed E-state index contributed by atoms with van der Waals surface area (Å²) in [5.74, 6) is 1.65. The van der Waals surface area contributed by atoms with E-state index in [0.717, 1.165) is 73.0 Å². The molecule has 0 fully saturated rings. The number of aliphatic imine (C=N–C) groups is 1. The fraction of sp³-hybridized carbons (Fsp3) is 0.232. The number of hydrogen-bond donors (Lipinski definition) is 0. The number of para-hydroxylation sites is 2. The van der Waals surface area contributed by atoms with Crippen LogP contribution in [0.4, 0.5) is 22.7 Å². The molecular weight excluding hydrogens is 1110 g/mol. The number of aromatic nitrogens is 3. The van der Waals surface area contributed by atoms with Crippen LogP contribution < -0.4 is 9.80 Å². The van der Waals surface area contributed by atoms with E-state index in [1.807, 2.05) is 18.5 Å². The average Bonchev–Trinajstić information content (AvgIpc) is 4.03. The second kappa shape index (κ2) is 18.7. The molecule has 0 N–H and O–H groups in total. The molecule has 2 aliphatic rings. The number of fused-ring (bicyclic) bond motifs is 5. The molecule has 7 heteroatoms. The summed E-state index contributed by atoms with van der Waals surface area (Å²) in [7, 11) is 0. The molecule has 6 nitrogen and oxygen atoms in total. The Morgan fingerprint density at radius 3 is 1.91 bits per heavy atom. The fourth-order valence-corrected chi connectivity index (χ4v) is 12.6. The first-order valence-corrected chi connectivity index (χ1v) is 26.4. The van der Waals surface area contributed by atoms with Crippen LogP contribution in [0.5, 0.6) is 0 Å². The minimum Gasteiger partial charge on any atom is -0.357 e. The molecule has 2 aliphatic heterocycles. The van der Waals surface area contributed by atoms with Crippen molar-refractivity contribution in [2.75, 3.05) is 9.80 Å². The Bertz CT molecular complexity index is 3820. The van der Waals surface area contributed by atoms with Crippen LogP contribution in [-0.2, 0) is 31.9 Å². The molecule has 0 unspecified atom stereocenters. The van der Waals surface area contributed by atoms with Gasteiger partial charge in [0, 0.05) is 35.2 Å². The number of aryl methyl sites for hydroxylation is 3. The number of benzene rings is 7. The molecule has 380 valence electrons. The van der Waals surface area contributed by atoms with Gasteiger partial charge >= 0.3 is 21.1 Å². The zero-order chi connectivity index (χ0) is 52.2. The molecule has 0 aliphatic carbocycles. The van der Waals surface area contributed by atoms with Crippen LogP contribution in [0.15, 0.2) is 187 Å². The standard InChI is InChI=1S/C69H64N6.Pt/c1-44-36-45(2)64(46(3)37-44)75-65(72-68(9,10)69(75,11)63(47-24-14-12-15-25-47)48-26-16-13-17-27-48)50-38-49(57-30-22-23-34-70-57)39-52(40-50)73-59-32-21-19-29-55(59)67(7,8)56-42-54-53-28-18-20-31-58(53)74(60(54)43-61(56)73)62-41-51(33-35-71-62)66(4,5)6;/h12-39,41-42,63H,1-11H3;/q-2;+2/t69-;/m0./s1. The maximum atomic E-state index is 6.00. The average molecular weight is 1170 g/mol. The van der Waals surface area contributed by atoms with Crippen LogP contribution in [-0.4, -0.2) is 31.4 Å². The predicted molar refractivity (Wildman–Crippen MR) is 312 cm³/mol. The third kappa shape index (κ3) is 8.06. The number of hydrogen-bond acceptors (Lipinski definition) is 5. The first-order valence-electron chi connectivity index (χ1n) is 26.4. The SMILES string of the molecule is Cc1cc(C)c(N2C(c3[c-]c(N4c5[c-]c6c(cc5C(C)(C)c5ccccc54)c4ccccc4n6-c4cc(C(C)(C)C)ccn4)cc(-c4ccccn4)c3)=NC(C)(C)[C@]2(C)C(c2ccccc2)c2ccccc2)c(C)c1.[Pt+2]. The molecule has 0 spiro atoms. The van der Waals surface area contributed by atoms with Gasteiger partial charge in [0.15, 0.2) is 0 Å². The third-order valence-electron chi connectivity index (χ3n) is 16.5. The van der Waals surface area contributed by atoms with Crippen LogP contribution in [0, 0.1) is 32.9 Å². The van der Waals surface area contributed by atoms with E-state index in [9.17, 15) is 0 Å². The van der Waals surface area contributed by atoms with Gasteiger partial charge in [-0.2, -0.15) is 6.07 Å². The van der Waals surface area contributed by atoms with Crippen molar-refractivity contribution in [3.8, 4) is 17.1 Å². The van der Waals surface area contributed by atoms with Crippen molar-refractivity contribution in [3.63, 3.8) is 0 Å². The van der Waals surface area contributed by atoms with E-state index in [1.54, 1.807) is 0 Å². The van der Waals surface area contributed by atoms with E-state index in [4.69, 9.17) is 15.0 Å². The summed E-state index contributed by atoms with van der Waals surface area (Å²) in [6, 6.07) is 70.0. The van der Waals surface area contributed by atoms with E-state index in [-0.39, 0.29) is 37.8 Å². The zero-order valence-corrected chi connectivity index (χ0v) is 47.7. The summed E-state index contributed by atoms with van der Waals surface area (Å²) in [5.41, 5.74) is 16.9. The summed E-state index contributed by atoms with van der Waals surface area (Å²) in [6.45, 7) is 25.2. The Morgan fingerprint density at radius 2 is 1.24 bits per heavy atom. The van der Waals surface area contributed by atoms with Gasteiger partial charge in [0.2, 0.25) is 0 Å². The summed E-state index contributed by atoms with van der Waals surface area (Å²) in [6.07, 6.45) is 3.83. The summed E-state index contributed by atoms with van der Waals surface area (Å²) in [4.78, 5) is 21.1. The van der Waals surface area contributed by atoms with Crippen LogP contribution in [0.1, 0.15) is 111 Å². The number of pyridine rings is 2. The molecule has 0 saturated heterocycles. The van der Waals surface area contributed by atoms with Gasteiger partial charge in [-0.15, -0.1) is 40.8 Å². The summed E-state index contributed by atoms with van der Waals surface area (Å²) in [5, 5.41) is 2.30. The van der Waals surface area contributed by atoms with Gasteiger partial charge in [0.25, 0.3) is 0 Å². The number of amidine groups is 1. The number of rotatable bonds is 8. The van der Waals surface area contributed by atoms with Crippen LogP contribution in [0.3, 0.4) is 0 Å². The molecule has 76 heavy (non-hydrogen) atoms. The van der Waals surface area contributed by atoms with Gasteiger partial charge < -0.3 is 19.4 Å². The Kier molecular flexibility index (Phi) is 12.5. The Balaban J connectivity index is 0.00000616. The second-order valence-electron chi connectivity index (χ2n) is 23.1. The molecule has 0 amide bonds. The smallest absolute Gasteiger partial charge is 0.357 e. The van der Waals surface area contributed by atoms with Crippen molar-refractivity contribution < 1.29 is 21.1 Å². The molecule has 0 saturated carbocycles. The number of anilines is 4. The maximum Gasteiger partial charge on any atom is 2.00 e. The molecule has 3 aromatic heterocycles. The van der Waals surface area contributed by atoms with Crippen molar-refractivity contribution >= 4 is 50.4 Å². The van der Waals surface area contributed by atoms with E-state index >= 15 is 0 Å². The Labute approximate surface area is 463 Å². The normalized spacial score (nSPS) is 16.7. The van der Waals surface area contributed by atoms with Crippen LogP contribution >= 0.6 is 0 Å². The van der Waals surface area contributed by atoms with Crippen LogP contribution in [0.25, 0.3) is 38.9 Å². The minimum atomic E-state index is -0.635. The monoisotopic (exact) mass is 1170 g/mol. The van der Waals surface area contributed by atoms with E-state index in [0.29, 0.717) is 0 Å². The van der Waals surface area contributed by atoms with Crippen molar-refractivity contribution in [1.29, 1.82) is 0 Å². The van der Waals surface area contributed by atoms with E-state index in [2.05, 4.69) is 266 Å². The molecule has 7 aromatic carbocycles. The first-order chi connectivity index (χ1) is 36.0. The topological polar surface area (TPSA) is 49.5 Å². The predicted octanol–water partition coefficient (Wildman–Crippen LogP) is 16.8. The van der Waals surface area contributed by atoms with Gasteiger partial charge in [0.05, 0.1) is 22.6 Å². The van der Waals surface area contributed by atoms with Gasteiger partial charge in [-0.1, -0.05) is 172 Å². The van der Waals surface area contributed by atoms with Crippen molar-refractivity contribution in [2.24, 2.45) is 4.99 Å². The van der Waals surface area contributed by atoms with E-state index in [1.165, 1.54) is 44.5 Å². The Hall–Kier alpha value is -7.40. The van der Waals surface area contributed by atoms with Gasteiger partial charge in [-0.3, -0.25) is 4.98 Å². The van der Waals surface area contributed by atoms with Gasteiger partial charge in [-0.05, 0) is 133 Å². The first kappa shape index (κ1) is 50.7. The van der Waals surface area contributed by atoms with E-state index < -0.39 is 11.1 Å². The molecule has 0 bridgehead atoms.